The van der Waals surface area contributed by atoms with Gasteiger partial charge >= 0.3 is 0 Å². The number of hydrogen-bond acceptors (Lipinski definition) is 3. The summed E-state index contributed by atoms with van der Waals surface area (Å²) in [7, 11) is 0. The summed E-state index contributed by atoms with van der Waals surface area (Å²) in [5.74, 6) is -0.0381. The molecule has 0 radical (unpaired) electrons. The maximum atomic E-state index is 12.4. The van der Waals surface area contributed by atoms with Crippen LogP contribution < -0.4 is 10.2 Å². The van der Waals surface area contributed by atoms with Gasteiger partial charge in [0.05, 0.1) is 17.5 Å². The van der Waals surface area contributed by atoms with Crippen molar-refractivity contribution >= 4 is 17.3 Å². The van der Waals surface area contributed by atoms with Gasteiger partial charge in [-0.3, -0.25) is 4.79 Å². The molecule has 4 nitrogen and oxygen atoms in total. The summed E-state index contributed by atoms with van der Waals surface area (Å²) in [5, 5.41) is 12.7. The molecule has 2 N–H and O–H groups in total. The van der Waals surface area contributed by atoms with Gasteiger partial charge in [0.2, 0.25) is 0 Å². The number of carbonyl (C=O) groups is 1. The van der Waals surface area contributed by atoms with E-state index in [-0.39, 0.29) is 12.0 Å². The van der Waals surface area contributed by atoms with Crippen molar-refractivity contribution in [1.29, 1.82) is 0 Å². The fraction of sp³-hybridized carbons (Fsp3) is 0.500. The monoisotopic (exact) mass is 302 g/mol. The average Bonchev–Trinajstić information content (AvgIpc) is 2.54. The van der Waals surface area contributed by atoms with Gasteiger partial charge in [0, 0.05) is 18.7 Å². The zero-order valence-corrected chi connectivity index (χ0v) is 13.7. The number of anilines is 2. The summed E-state index contributed by atoms with van der Waals surface area (Å²) < 4.78 is 0. The molecular formula is C18H26N2O2. The maximum absolute atomic E-state index is 12.4. The Labute approximate surface area is 132 Å². The average molecular weight is 302 g/mol. The molecule has 0 unspecified atom stereocenters. The normalized spacial score (nSPS) is 17.2. The molecule has 0 aliphatic carbocycles. The summed E-state index contributed by atoms with van der Waals surface area (Å²) in [6.07, 6.45) is 2.23. The lowest BCUT2D eigenvalue weighted by Crippen LogP contribution is -2.36. The van der Waals surface area contributed by atoms with Crippen molar-refractivity contribution in [2.75, 3.05) is 23.3 Å². The Morgan fingerprint density at radius 1 is 1.27 bits per heavy atom. The molecule has 1 aliphatic heterocycles. The Hall–Kier alpha value is -1.81. The molecule has 120 valence electrons. The van der Waals surface area contributed by atoms with Crippen LogP contribution in [0.5, 0.6) is 0 Å². The van der Waals surface area contributed by atoms with E-state index >= 15 is 0 Å². The van der Waals surface area contributed by atoms with Crippen molar-refractivity contribution in [2.45, 2.75) is 46.1 Å². The summed E-state index contributed by atoms with van der Waals surface area (Å²) in [4.78, 5) is 14.6. The first-order valence-electron chi connectivity index (χ1n) is 8.02. The zero-order chi connectivity index (χ0) is 16.1. The lowest BCUT2D eigenvalue weighted by molar-refractivity contribution is -0.112. The molecule has 1 aromatic rings. The highest BCUT2D eigenvalue weighted by atomic mass is 16.3. The first-order valence-corrected chi connectivity index (χ1v) is 8.02. The number of hydrogen-bond donors (Lipinski definition) is 2. The number of nitrogens with zero attached hydrogens (tertiary/aromatic N) is 1. The van der Waals surface area contributed by atoms with Crippen LogP contribution >= 0.6 is 0 Å². The number of aliphatic hydroxyl groups excluding tert-OH is 1. The quantitative estimate of drug-likeness (QED) is 0.839. The van der Waals surface area contributed by atoms with Crippen molar-refractivity contribution in [3.63, 3.8) is 0 Å². The number of benzene rings is 1. The number of nitrogens with one attached hydrogen (secondary N) is 1. The highest BCUT2D eigenvalue weighted by Crippen LogP contribution is 2.28. The van der Waals surface area contributed by atoms with Crippen LogP contribution in [-0.2, 0) is 4.79 Å². The van der Waals surface area contributed by atoms with Crippen LogP contribution in [0.4, 0.5) is 11.4 Å². The van der Waals surface area contributed by atoms with E-state index in [1.54, 1.807) is 0 Å². The molecular weight excluding hydrogens is 276 g/mol. The molecule has 0 spiro atoms. The summed E-state index contributed by atoms with van der Waals surface area (Å²) >= 11 is 0. The predicted molar refractivity (Wildman–Crippen MR) is 91.2 cm³/mol. The highest BCUT2D eigenvalue weighted by Gasteiger charge is 2.20. The van der Waals surface area contributed by atoms with Gasteiger partial charge in [-0.1, -0.05) is 24.6 Å². The molecule has 1 fully saturated rings. The number of para-hydroxylation sites is 2. The molecule has 2 rings (SSSR count). The Balaban J connectivity index is 2.17. The first-order chi connectivity index (χ1) is 10.5. The summed E-state index contributed by atoms with van der Waals surface area (Å²) in [5.41, 5.74) is 3.76. The third-order valence-electron chi connectivity index (χ3n) is 4.47. The molecule has 1 amide bonds. The van der Waals surface area contributed by atoms with Crippen LogP contribution in [0.1, 0.15) is 40.0 Å². The van der Waals surface area contributed by atoms with Crippen molar-refractivity contribution < 1.29 is 9.90 Å². The van der Waals surface area contributed by atoms with Gasteiger partial charge in [-0.25, -0.2) is 0 Å². The molecule has 0 aromatic heterocycles. The minimum absolute atomic E-state index is 0.0381. The van der Waals surface area contributed by atoms with Crippen LogP contribution in [0.25, 0.3) is 0 Å². The lowest BCUT2D eigenvalue weighted by Gasteiger charge is -2.32. The van der Waals surface area contributed by atoms with Crippen molar-refractivity contribution in [3.8, 4) is 0 Å². The molecule has 0 atom stereocenters. The number of amides is 1. The van der Waals surface area contributed by atoms with Crippen molar-refractivity contribution in [2.24, 2.45) is 0 Å². The van der Waals surface area contributed by atoms with E-state index in [2.05, 4.69) is 17.1 Å². The minimum atomic E-state index is -0.199. The predicted octanol–water partition coefficient (Wildman–Crippen LogP) is 3.33. The Kier molecular flexibility index (Phi) is 5.61. The second-order valence-corrected chi connectivity index (χ2v) is 5.95. The summed E-state index contributed by atoms with van der Waals surface area (Å²) in [6.45, 7) is 7.55. The van der Waals surface area contributed by atoms with E-state index in [0.717, 1.165) is 54.9 Å². The molecule has 1 saturated heterocycles. The van der Waals surface area contributed by atoms with Crippen molar-refractivity contribution in [3.05, 3.63) is 35.4 Å². The van der Waals surface area contributed by atoms with Gasteiger partial charge in [-0.15, -0.1) is 0 Å². The maximum Gasteiger partial charge on any atom is 0.251 e. The van der Waals surface area contributed by atoms with Gasteiger partial charge in [0.1, 0.15) is 0 Å². The standard InChI is InChI=1S/C18H26N2O2/c1-4-13(2)14(3)18(22)19-16-7-5-6-8-17(16)20-11-9-15(21)10-12-20/h5-8,15,21H,4,9-12H2,1-3H3,(H,19,22)/b14-13-. The number of rotatable bonds is 4. The smallest absolute Gasteiger partial charge is 0.251 e. The highest BCUT2D eigenvalue weighted by molar-refractivity contribution is 6.05. The first kappa shape index (κ1) is 16.6. The third kappa shape index (κ3) is 3.89. The lowest BCUT2D eigenvalue weighted by atomic mass is 10.1. The van der Waals surface area contributed by atoms with Gasteiger partial charge in [-0.2, -0.15) is 0 Å². The molecule has 0 bridgehead atoms. The van der Waals surface area contributed by atoms with E-state index < -0.39 is 0 Å². The second-order valence-electron chi connectivity index (χ2n) is 5.95. The van der Waals surface area contributed by atoms with Crippen molar-refractivity contribution in [1.82, 2.24) is 0 Å². The molecule has 22 heavy (non-hydrogen) atoms. The molecule has 0 saturated carbocycles. The van der Waals surface area contributed by atoms with Gasteiger partial charge in [0.25, 0.3) is 5.91 Å². The third-order valence-corrected chi connectivity index (χ3v) is 4.47. The molecule has 4 heteroatoms. The van der Waals surface area contributed by atoms with Gasteiger partial charge < -0.3 is 15.3 Å². The SMILES string of the molecule is CC/C(C)=C(/C)C(=O)Nc1ccccc1N1CCC(O)CC1. The topological polar surface area (TPSA) is 52.6 Å². The second kappa shape index (κ2) is 7.45. The van der Waals surface area contributed by atoms with Crippen LogP contribution in [-0.4, -0.2) is 30.2 Å². The molecule has 1 aliphatic rings. The van der Waals surface area contributed by atoms with E-state index in [1.807, 2.05) is 38.1 Å². The molecule has 1 aromatic carbocycles. The van der Waals surface area contributed by atoms with E-state index in [4.69, 9.17) is 0 Å². The number of allylic oxidation sites excluding steroid dienone is 1. The number of piperidine rings is 1. The van der Waals surface area contributed by atoms with E-state index in [1.165, 1.54) is 0 Å². The number of aliphatic hydroxyl groups is 1. The van der Waals surface area contributed by atoms with Crippen LogP contribution in [0, 0.1) is 0 Å². The number of carbonyl (C=O) groups excluding carboxylic acids is 1. The summed E-state index contributed by atoms with van der Waals surface area (Å²) in [6, 6.07) is 7.88. The minimum Gasteiger partial charge on any atom is -0.393 e. The van der Waals surface area contributed by atoms with Gasteiger partial charge in [-0.05, 0) is 45.2 Å². The van der Waals surface area contributed by atoms with E-state index in [9.17, 15) is 9.90 Å². The fourth-order valence-corrected chi connectivity index (χ4v) is 2.64. The van der Waals surface area contributed by atoms with Gasteiger partial charge in [0.15, 0.2) is 0 Å². The van der Waals surface area contributed by atoms with Crippen LogP contribution in [0.15, 0.2) is 35.4 Å². The van der Waals surface area contributed by atoms with Crippen LogP contribution in [0.3, 0.4) is 0 Å². The van der Waals surface area contributed by atoms with E-state index in [0.29, 0.717) is 0 Å². The zero-order valence-electron chi connectivity index (χ0n) is 13.7. The van der Waals surface area contributed by atoms with Crippen LogP contribution in [0.2, 0.25) is 0 Å². The Morgan fingerprint density at radius 2 is 1.91 bits per heavy atom. The Bertz CT molecular complexity index is 558. The largest absolute Gasteiger partial charge is 0.393 e. The molecule has 1 heterocycles. The fourth-order valence-electron chi connectivity index (χ4n) is 2.64. The Morgan fingerprint density at radius 3 is 2.55 bits per heavy atom.